The van der Waals surface area contributed by atoms with Crippen molar-refractivity contribution in [2.45, 2.75) is 31.6 Å². The molecule has 0 atom stereocenters. The van der Waals surface area contributed by atoms with E-state index in [0.29, 0.717) is 29.1 Å². The molecule has 0 aliphatic rings. The lowest BCUT2D eigenvalue weighted by molar-refractivity contribution is 0.570. The molecule has 3 nitrogen and oxygen atoms in total. The highest BCUT2D eigenvalue weighted by molar-refractivity contribution is 7.92. The minimum Gasteiger partial charge on any atom is -0.279 e. The normalized spacial score (nSPS) is 11.5. The van der Waals surface area contributed by atoms with Crippen LogP contribution in [0.3, 0.4) is 0 Å². The molecule has 0 heterocycles. The molecule has 0 aromatic heterocycles. The Hall–Kier alpha value is -1.30. The summed E-state index contributed by atoms with van der Waals surface area (Å²) >= 11 is 11.8. The van der Waals surface area contributed by atoms with E-state index in [2.05, 4.69) is 4.72 Å². The molecule has 23 heavy (non-hydrogen) atoms. The molecule has 2 aromatic rings. The van der Waals surface area contributed by atoms with Gasteiger partial charge in [0.15, 0.2) is 0 Å². The first-order valence-electron chi connectivity index (χ1n) is 7.08. The lowest BCUT2D eigenvalue weighted by atomic mass is 10.0. The molecule has 0 saturated carbocycles. The SMILES string of the molecule is CCc1ccc(Cl)c(CC)c1NS(=O)(=O)c1ccc(Cl)cc1F. The Morgan fingerprint density at radius 3 is 2.35 bits per heavy atom. The van der Waals surface area contributed by atoms with E-state index in [4.69, 9.17) is 23.2 Å². The number of aryl methyl sites for hydroxylation is 1. The number of sulfonamides is 1. The number of halogens is 3. The summed E-state index contributed by atoms with van der Waals surface area (Å²) in [6.45, 7) is 3.78. The number of anilines is 1. The highest BCUT2D eigenvalue weighted by atomic mass is 35.5. The van der Waals surface area contributed by atoms with Gasteiger partial charge in [-0.2, -0.15) is 0 Å². The standard InChI is InChI=1S/C16H16Cl2FNO2S/c1-3-10-5-7-13(18)12(4-2)16(10)20-23(21,22)15-8-6-11(17)9-14(15)19/h5-9,20H,3-4H2,1-2H3. The van der Waals surface area contributed by atoms with Crippen LogP contribution in [0, 0.1) is 5.82 Å². The van der Waals surface area contributed by atoms with Gasteiger partial charge in [-0.05, 0) is 48.2 Å². The summed E-state index contributed by atoms with van der Waals surface area (Å²) in [5.41, 5.74) is 1.89. The van der Waals surface area contributed by atoms with Gasteiger partial charge in [-0.25, -0.2) is 12.8 Å². The van der Waals surface area contributed by atoms with Gasteiger partial charge in [0.1, 0.15) is 10.7 Å². The Bertz CT molecular complexity index is 838. The van der Waals surface area contributed by atoms with Gasteiger partial charge in [0.2, 0.25) is 0 Å². The van der Waals surface area contributed by atoms with Gasteiger partial charge in [-0.1, -0.05) is 43.1 Å². The van der Waals surface area contributed by atoms with Crippen LogP contribution in [0.4, 0.5) is 10.1 Å². The maximum Gasteiger partial charge on any atom is 0.264 e. The van der Waals surface area contributed by atoms with E-state index in [1.165, 1.54) is 6.07 Å². The molecular weight excluding hydrogens is 360 g/mol. The minimum absolute atomic E-state index is 0.132. The first kappa shape index (κ1) is 18.0. The minimum atomic E-state index is -4.08. The molecule has 0 unspecified atom stereocenters. The molecule has 0 spiro atoms. The molecule has 2 rings (SSSR count). The van der Waals surface area contributed by atoms with Crippen molar-refractivity contribution in [3.63, 3.8) is 0 Å². The van der Waals surface area contributed by atoms with Crippen molar-refractivity contribution in [1.82, 2.24) is 0 Å². The summed E-state index contributed by atoms with van der Waals surface area (Å²) in [6, 6.07) is 6.94. The Kier molecular flexibility index (Phi) is 5.55. The van der Waals surface area contributed by atoms with Crippen LogP contribution >= 0.6 is 23.2 Å². The van der Waals surface area contributed by atoms with E-state index in [9.17, 15) is 12.8 Å². The molecule has 0 amide bonds. The van der Waals surface area contributed by atoms with Gasteiger partial charge < -0.3 is 0 Å². The van der Waals surface area contributed by atoms with E-state index >= 15 is 0 Å². The Morgan fingerprint density at radius 1 is 1.09 bits per heavy atom. The summed E-state index contributed by atoms with van der Waals surface area (Å²) in [6.07, 6.45) is 1.17. The van der Waals surface area contributed by atoms with E-state index < -0.39 is 20.7 Å². The number of hydrogen-bond donors (Lipinski definition) is 1. The third kappa shape index (κ3) is 3.79. The predicted molar refractivity (Wildman–Crippen MR) is 92.4 cm³/mol. The highest BCUT2D eigenvalue weighted by Crippen LogP contribution is 2.32. The second-order valence-corrected chi connectivity index (χ2v) is 7.44. The van der Waals surface area contributed by atoms with Crippen LogP contribution in [0.1, 0.15) is 25.0 Å². The van der Waals surface area contributed by atoms with Gasteiger partial charge in [0, 0.05) is 10.0 Å². The summed E-state index contributed by atoms with van der Waals surface area (Å²) in [7, 11) is -4.08. The fourth-order valence-electron chi connectivity index (χ4n) is 2.32. The number of hydrogen-bond acceptors (Lipinski definition) is 2. The molecule has 0 aliphatic carbocycles. The van der Waals surface area contributed by atoms with Crippen LogP contribution in [0.25, 0.3) is 0 Å². The van der Waals surface area contributed by atoms with Crippen LogP contribution in [0.15, 0.2) is 35.2 Å². The van der Waals surface area contributed by atoms with Crippen LogP contribution in [0.2, 0.25) is 10.0 Å². The van der Waals surface area contributed by atoms with Crippen molar-refractivity contribution < 1.29 is 12.8 Å². The van der Waals surface area contributed by atoms with Gasteiger partial charge in [-0.15, -0.1) is 0 Å². The molecule has 1 N–H and O–H groups in total. The average molecular weight is 376 g/mol. The van der Waals surface area contributed by atoms with Crippen molar-refractivity contribution in [3.05, 3.63) is 57.3 Å². The first-order chi connectivity index (χ1) is 10.8. The zero-order chi connectivity index (χ0) is 17.2. The maximum absolute atomic E-state index is 14.0. The average Bonchev–Trinajstić information content (AvgIpc) is 2.47. The van der Waals surface area contributed by atoms with Gasteiger partial charge >= 0.3 is 0 Å². The summed E-state index contributed by atoms with van der Waals surface area (Å²) in [5, 5.41) is 0.603. The monoisotopic (exact) mass is 375 g/mol. The quantitative estimate of drug-likeness (QED) is 0.793. The summed E-state index contributed by atoms with van der Waals surface area (Å²) in [5.74, 6) is -0.900. The molecule has 7 heteroatoms. The Labute approximate surface area is 145 Å². The lowest BCUT2D eigenvalue weighted by Gasteiger charge is -2.17. The Morgan fingerprint density at radius 2 is 1.78 bits per heavy atom. The zero-order valence-corrected chi connectivity index (χ0v) is 15.0. The van der Waals surface area contributed by atoms with Gasteiger partial charge in [-0.3, -0.25) is 4.72 Å². The van der Waals surface area contributed by atoms with Crippen molar-refractivity contribution in [3.8, 4) is 0 Å². The van der Waals surface area contributed by atoms with Crippen LogP contribution in [0.5, 0.6) is 0 Å². The molecule has 124 valence electrons. The molecule has 0 bridgehead atoms. The van der Waals surface area contributed by atoms with Crippen LogP contribution in [-0.2, 0) is 22.9 Å². The lowest BCUT2D eigenvalue weighted by Crippen LogP contribution is -2.17. The third-order valence-electron chi connectivity index (χ3n) is 3.50. The van der Waals surface area contributed by atoms with Crippen molar-refractivity contribution in [2.75, 3.05) is 4.72 Å². The van der Waals surface area contributed by atoms with Gasteiger partial charge in [0.05, 0.1) is 5.69 Å². The first-order valence-corrected chi connectivity index (χ1v) is 9.32. The van der Waals surface area contributed by atoms with E-state index in [1.807, 2.05) is 13.8 Å². The smallest absolute Gasteiger partial charge is 0.264 e. The molecular formula is C16H16Cl2FNO2S. The number of rotatable bonds is 5. The van der Waals surface area contributed by atoms with Crippen molar-refractivity contribution in [2.24, 2.45) is 0 Å². The van der Waals surface area contributed by atoms with Crippen molar-refractivity contribution >= 4 is 38.9 Å². The second kappa shape index (κ2) is 7.07. The van der Waals surface area contributed by atoms with Gasteiger partial charge in [0.25, 0.3) is 10.0 Å². The largest absolute Gasteiger partial charge is 0.279 e. The van der Waals surface area contributed by atoms with Crippen LogP contribution < -0.4 is 4.72 Å². The zero-order valence-electron chi connectivity index (χ0n) is 12.7. The molecule has 0 aliphatic heterocycles. The fourth-order valence-corrected chi connectivity index (χ4v) is 3.97. The number of benzene rings is 2. The summed E-state index contributed by atoms with van der Waals surface area (Å²) in [4.78, 5) is -0.453. The molecule has 2 aromatic carbocycles. The predicted octanol–water partition coefficient (Wildman–Crippen LogP) is 5.06. The molecule has 0 fully saturated rings. The van der Waals surface area contributed by atoms with Crippen molar-refractivity contribution in [1.29, 1.82) is 0 Å². The maximum atomic E-state index is 14.0. The van der Waals surface area contributed by atoms with E-state index in [-0.39, 0.29) is 5.02 Å². The van der Waals surface area contributed by atoms with E-state index in [1.54, 1.807) is 12.1 Å². The second-order valence-electron chi connectivity index (χ2n) is 4.95. The Balaban J connectivity index is 2.55. The topological polar surface area (TPSA) is 46.2 Å². The fraction of sp³-hybridized carbons (Fsp3) is 0.250. The van der Waals surface area contributed by atoms with E-state index in [0.717, 1.165) is 17.7 Å². The summed E-state index contributed by atoms with van der Waals surface area (Å²) < 4.78 is 41.5. The molecule has 0 saturated heterocycles. The molecule has 0 radical (unpaired) electrons. The van der Waals surface area contributed by atoms with Crippen LogP contribution in [-0.4, -0.2) is 8.42 Å². The highest BCUT2D eigenvalue weighted by Gasteiger charge is 2.22. The third-order valence-corrected chi connectivity index (χ3v) is 5.47. The number of nitrogens with one attached hydrogen (secondary N) is 1.